The molecule has 1 aromatic heterocycles. The Balaban J connectivity index is 2.67. The minimum absolute atomic E-state index is 0.109. The maximum absolute atomic E-state index is 13.5. The lowest BCUT2D eigenvalue weighted by atomic mass is 10.3. The first-order chi connectivity index (χ1) is 8.02. The molecule has 7 heteroatoms. The van der Waals surface area contributed by atoms with Gasteiger partial charge >= 0.3 is 0 Å². The van der Waals surface area contributed by atoms with Crippen molar-refractivity contribution in [3.63, 3.8) is 0 Å². The minimum atomic E-state index is -1.01. The molecule has 0 bridgehead atoms. The van der Waals surface area contributed by atoms with Crippen molar-refractivity contribution in [3.05, 3.63) is 40.9 Å². The molecule has 1 aromatic carbocycles. The van der Waals surface area contributed by atoms with Gasteiger partial charge < -0.3 is 0 Å². The van der Waals surface area contributed by atoms with Crippen molar-refractivity contribution >= 4 is 23.4 Å². The van der Waals surface area contributed by atoms with Gasteiger partial charge in [-0.25, -0.2) is 18.2 Å². The summed E-state index contributed by atoms with van der Waals surface area (Å²) in [5.74, 6) is -2.99. The standard InChI is InChI=1S/C10H6ClF3N2S/c1-17-10-15-8(11)4-16(10)9-6(13)2-5(12)3-7(9)14/h2-4H,1H3. The molecule has 2 aromatic rings. The molecule has 0 atom stereocenters. The lowest BCUT2D eigenvalue weighted by molar-refractivity contribution is 0.530. The van der Waals surface area contributed by atoms with Gasteiger partial charge in [-0.1, -0.05) is 23.4 Å². The molecule has 0 spiro atoms. The number of thioether (sulfide) groups is 1. The molecule has 0 unspecified atom stereocenters. The number of benzene rings is 1. The Kier molecular flexibility index (Phi) is 3.35. The fourth-order valence-electron chi connectivity index (χ4n) is 1.40. The fourth-order valence-corrected chi connectivity index (χ4v) is 2.16. The Hall–Kier alpha value is -1.14. The first-order valence-corrected chi connectivity index (χ1v) is 6.07. The monoisotopic (exact) mass is 278 g/mol. The Morgan fingerprint density at radius 3 is 2.35 bits per heavy atom. The lowest BCUT2D eigenvalue weighted by Gasteiger charge is -2.08. The molecule has 0 radical (unpaired) electrons. The van der Waals surface area contributed by atoms with Gasteiger partial charge in [0.1, 0.15) is 16.7 Å². The summed E-state index contributed by atoms with van der Waals surface area (Å²) in [5.41, 5.74) is -0.393. The van der Waals surface area contributed by atoms with Crippen molar-refractivity contribution in [2.75, 3.05) is 6.26 Å². The van der Waals surface area contributed by atoms with Crippen molar-refractivity contribution < 1.29 is 13.2 Å². The first-order valence-electron chi connectivity index (χ1n) is 4.46. The fraction of sp³-hybridized carbons (Fsp3) is 0.100. The van der Waals surface area contributed by atoms with E-state index in [1.54, 1.807) is 6.26 Å². The van der Waals surface area contributed by atoms with Crippen molar-refractivity contribution in [3.8, 4) is 5.69 Å². The molecule has 2 rings (SSSR count). The Labute approximate surface area is 104 Å². The van der Waals surface area contributed by atoms with Gasteiger partial charge in [-0.3, -0.25) is 4.57 Å². The molecular weight excluding hydrogens is 273 g/mol. The SMILES string of the molecule is CSc1nc(Cl)cn1-c1c(F)cc(F)cc1F. The van der Waals surface area contributed by atoms with Crippen LogP contribution in [0.2, 0.25) is 5.15 Å². The molecule has 0 amide bonds. The van der Waals surface area contributed by atoms with Crippen LogP contribution in [0.5, 0.6) is 0 Å². The summed E-state index contributed by atoms with van der Waals surface area (Å²) in [7, 11) is 0. The number of aromatic nitrogens is 2. The van der Waals surface area contributed by atoms with Crippen LogP contribution in [0.3, 0.4) is 0 Å². The van der Waals surface area contributed by atoms with Crippen molar-refractivity contribution in [1.29, 1.82) is 0 Å². The predicted octanol–water partition coefficient (Wildman–Crippen LogP) is 3.66. The molecule has 0 aliphatic heterocycles. The van der Waals surface area contributed by atoms with Gasteiger partial charge in [-0.05, 0) is 6.26 Å². The largest absolute Gasteiger partial charge is 0.288 e. The summed E-state index contributed by atoms with van der Waals surface area (Å²) >= 11 is 6.84. The van der Waals surface area contributed by atoms with Gasteiger partial charge in [0.2, 0.25) is 0 Å². The summed E-state index contributed by atoms with van der Waals surface area (Å²) in [6.07, 6.45) is 2.96. The van der Waals surface area contributed by atoms with Gasteiger partial charge in [0.25, 0.3) is 0 Å². The number of imidazole rings is 1. The summed E-state index contributed by atoms with van der Waals surface area (Å²) < 4.78 is 41.0. The van der Waals surface area contributed by atoms with Crippen LogP contribution >= 0.6 is 23.4 Å². The summed E-state index contributed by atoms with van der Waals surface area (Å²) in [4.78, 5) is 3.87. The van der Waals surface area contributed by atoms with Crippen LogP contribution in [-0.2, 0) is 0 Å². The number of hydrogen-bond donors (Lipinski definition) is 0. The third-order valence-corrected chi connectivity index (χ3v) is 2.88. The average molecular weight is 279 g/mol. The van der Waals surface area contributed by atoms with Crippen LogP contribution in [0.4, 0.5) is 13.2 Å². The normalized spacial score (nSPS) is 10.9. The maximum atomic E-state index is 13.5. The smallest absolute Gasteiger partial charge is 0.174 e. The van der Waals surface area contributed by atoms with E-state index in [-0.39, 0.29) is 5.15 Å². The van der Waals surface area contributed by atoms with E-state index in [1.165, 1.54) is 18.0 Å². The van der Waals surface area contributed by atoms with Crippen LogP contribution in [0.25, 0.3) is 5.69 Å². The highest BCUT2D eigenvalue weighted by Crippen LogP contribution is 2.26. The van der Waals surface area contributed by atoms with Gasteiger partial charge in [0.15, 0.2) is 16.8 Å². The lowest BCUT2D eigenvalue weighted by Crippen LogP contribution is -2.02. The second-order valence-electron chi connectivity index (χ2n) is 3.14. The molecule has 90 valence electrons. The van der Waals surface area contributed by atoms with E-state index in [0.717, 1.165) is 4.57 Å². The highest BCUT2D eigenvalue weighted by molar-refractivity contribution is 7.98. The first kappa shape index (κ1) is 12.3. The summed E-state index contributed by atoms with van der Waals surface area (Å²) in [6.45, 7) is 0. The molecule has 0 N–H and O–H groups in total. The van der Waals surface area contributed by atoms with Crippen LogP contribution in [0.15, 0.2) is 23.5 Å². The molecule has 0 saturated carbocycles. The van der Waals surface area contributed by atoms with E-state index in [4.69, 9.17) is 11.6 Å². The van der Waals surface area contributed by atoms with Gasteiger partial charge in [-0.2, -0.15) is 0 Å². The van der Waals surface area contributed by atoms with Crippen LogP contribution < -0.4 is 0 Å². The number of rotatable bonds is 2. The number of nitrogens with zero attached hydrogens (tertiary/aromatic N) is 2. The summed E-state index contributed by atoms with van der Waals surface area (Å²) in [5, 5.41) is 0.428. The molecule has 1 heterocycles. The highest BCUT2D eigenvalue weighted by atomic mass is 35.5. The maximum Gasteiger partial charge on any atom is 0.174 e. The van der Waals surface area contributed by atoms with Gasteiger partial charge in [0, 0.05) is 18.3 Å². The second-order valence-corrected chi connectivity index (χ2v) is 4.30. The van der Waals surface area contributed by atoms with Crippen molar-refractivity contribution in [1.82, 2.24) is 9.55 Å². The molecule has 2 nitrogen and oxygen atoms in total. The minimum Gasteiger partial charge on any atom is -0.288 e. The third kappa shape index (κ3) is 2.28. The zero-order valence-electron chi connectivity index (χ0n) is 8.55. The van der Waals surface area contributed by atoms with E-state index in [9.17, 15) is 13.2 Å². The molecule has 0 saturated heterocycles. The van der Waals surface area contributed by atoms with E-state index >= 15 is 0 Å². The second kappa shape index (κ2) is 4.62. The van der Waals surface area contributed by atoms with E-state index in [1.807, 2.05) is 0 Å². The number of hydrogen-bond acceptors (Lipinski definition) is 2. The van der Waals surface area contributed by atoms with Crippen LogP contribution in [-0.4, -0.2) is 15.8 Å². The van der Waals surface area contributed by atoms with E-state index in [2.05, 4.69) is 4.98 Å². The van der Waals surface area contributed by atoms with Crippen LogP contribution in [0.1, 0.15) is 0 Å². The zero-order chi connectivity index (χ0) is 12.6. The van der Waals surface area contributed by atoms with Crippen LogP contribution in [0, 0.1) is 17.5 Å². The molecule has 0 fully saturated rings. The molecule has 0 aliphatic carbocycles. The van der Waals surface area contributed by atoms with Gasteiger partial charge in [0.05, 0.1) is 0 Å². The third-order valence-electron chi connectivity index (χ3n) is 2.05. The Morgan fingerprint density at radius 2 is 1.82 bits per heavy atom. The zero-order valence-corrected chi connectivity index (χ0v) is 10.1. The number of halogens is 4. The molecule has 17 heavy (non-hydrogen) atoms. The van der Waals surface area contributed by atoms with Crippen molar-refractivity contribution in [2.45, 2.75) is 5.16 Å². The molecule has 0 aliphatic rings. The topological polar surface area (TPSA) is 17.8 Å². The average Bonchev–Trinajstić information content (AvgIpc) is 2.58. The Bertz CT molecular complexity index is 548. The quantitative estimate of drug-likeness (QED) is 0.780. The van der Waals surface area contributed by atoms with Crippen molar-refractivity contribution in [2.24, 2.45) is 0 Å². The van der Waals surface area contributed by atoms with E-state index in [0.29, 0.717) is 17.3 Å². The highest BCUT2D eigenvalue weighted by Gasteiger charge is 2.17. The van der Waals surface area contributed by atoms with E-state index < -0.39 is 23.1 Å². The predicted molar refractivity (Wildman–Crippen MR) is 60.2 cm³/mol. The Morgan fingerprint density at radius 1 is 1.24 bits per heavy atom. The van der Waals surface area contributed by atoms with Gasteiger partial charge in [-0.15, -0.1) is 0 Å². The summed E-state index contributed by atoms with van der Waals surface area (Å²) in [6, 6.07) is 1.22. The molecular formula is C10H6ClF3N2S.